The van der Waals surface area contributed by atoms with Gasteiger partial charge in [0.1, 0.15) is 11.5 Å². The number of hydrogen-bond acceptors (Lipinski definition) is 4. The maximum Gasteiger partial charge on any atom is 0.243 e. The molecule has 0 radical (unpaired) electrons. The van der Waals surface area contributed by atoms with E-state index in [4.69, 9.17) is 0 Å². The molecule has 2 heterocycles. The summed E-state index contributed by atoms with van der Waals surface area (Å²) in [4.78, 5) is 2.06. The van der Waals surface area contributed by atoms with Crippen molar-refractivity contribution in [3.8, 4) is 5.69 Å². The predicted molar refractivity (Wildman–Crippen MR) is 109 cm³/mol. The molecule has 1 aromatic heterocycles. The molecule has 0 aliphatic carbocycles. The van der Waals surface area contributed by atoms with Gasteiger partial charge in [-0.2, -0.15) is 9.40 Å². The molecule has 4 rings (SSSR count). The summed E-state index contributed by atoms with van der Waals surface area (Å²) < 4.78 is 44.5. The number of hydrogen-bond donors (Lipinski definition) is 0. The van der Waals surface area contributed by atoms with Crippen LogP contribution in [0.2, 0.25) is 0 Å². The highest BCUT2D eigenvalue weighted by Gasteiger charge is 2.36. The Balaban J connectivity index is 1.70. The van der Waals surface area contributed by atoms with Crippen LogP contribution in [0.5, 0.6) is 0 Å². The average Bonchev–Trinajstić information content (AvgIpc) is 3.14. The van der Waals surface area contributed by atoms with E-state index in [-0.39, 0.29) is 16.6 Å². The van der Waals surface area contributed by atoms with E-state index in [9.17, 15) is 12.8 Å². The molecular weight excluding hydrogens is 391 g/mol. The van der Waals surface area contributed by atoms with Crippen LogP contribution in [0.1, 0.15) is 17.2 Å². The van der Waals surface area contributed by atoms with E-state index in [1.54, 1.807) is 12.4 Å². The van der Waals surface area contributed by atoms with Crippen LogP contribution < -0.4 is 0 Å². The fraction of sp³-hybridized carbons (Fsp3) is 0.286. The SMILES string of the molecule is Cc1cnn(-c2ccc(S(=O)(=O)N3CCN(C)C[C@@H]3c3ccccc3)cc2F)c1. The lowest BCUT2D eigenvalue weighted by Crippen LogP contribution is -2.49. The van der Waals surface area contributed by atoms with Gasteiger partial charge in [0, 0.05) is 25.8 Å². The zero-order chi connectivity index (χ0) is 20.6. The monoisotopic (exact) mass is 414 g/mol. The Morgan fingerprint density at radius 1 is 1.10 bits per heavy atom. The Bertz CT molecular complexity index is 1110. The third-order valence-corrected chi connectivity index (χ3v) is 7.11. The molecular formula is C21H23FN4O2S. The van der Waals surface area contributed by atoms with Crippen molar-refractivity contribution in [1.29, 1.82) is 0 Å². The number of rotatable bonds is 4. The second-order valence-corrected chi connectivity index (χ2v) is 9.27. The highest BCUT2D eigenvalue weighted by molar-refractivity contribution is 7.89. The van der Waals surface area contributed by atoms with Gasteiger partial charge >= 0.3 is 0 Å². The van der Waals surface area contributed by atoms with Crippen LogP contribution in [-0.2, 0) is 10.0 Å². The van der Waals surface area contributed by atoms with Gasteiger partial charge in [-0.15, -0.1) is 0 Å². The fourth-order valence-electron chi connectivity index (χ4n) is 3.65. The van der Waals surface area contributed by atoms with Gasteiger partial charge in [0.05, 0.1) is 17.1 Å². The predicted octanol–water partition coefficient (Wildman–Crippen LogP) is 3.00. The van der Waals surface area contributed by atoms with E-state index in [2.05, 4.69) is 10.00 Å². The standard InChI is InChI=1S/C21H23FN4O2S/c1-16-13-23-25(14-16)20-9-8-18(12-19(20)22)29(27,28)26-11-10-24(2)15-21(26)17-6-4-3-5-7-17/h3-9,12-14,21H,10-11,15H2,1-2H3/t21-/m1/s1. The third kappa shape index (κ3) is 3.83. The quantitative estimate of drug-likeness (QED) is 0.659. The number of piperazine rings is 1. The molecule has 0 amide bonds. The first kappa shape index (κ1) is 19.8. The van der Waals surface area contributed by atoms with Gasteiger partial charge in [-0.1, -0.05) is 30.3 Å². The van der Waals surface area contributed by atoms with Crippen LogP contribution in [0.3, 0.4) is 0 Å². The van der Waals surface area contributed by atoms with Gasteiger partial charge < -0.3 is 4.90 Å². The van der Waals surface area contributed by atoms with Gasteiger partial charge in [0.2, 0.25) is 10.0 Å². The highest BCUT2D eigenvalue weighted by atomic mass is 32.2. The summed E-state index contributed by atoms with van der Waals surface area (Å²) in [5, 5.41) is 4.10. The molecule has 3 aromatic rings. The first-order valence-electron chi connectivity index (χ1n) is 9.43. The van der Waals surface area contributed by atoms with Crippen LogP contribution in [-0.4, -0.2) is 54.1 Å². The summed E-state index contributed by atoms with van der Waals surface area (Å²) in [6, 6.07) is 13.2. The molecule has 0 unspecified atom stereocenters. The number of nitrogens with zero attached hydrogens (tertiary/aromatic N) is 4. The lowest BCUT2D eigenvalue weighted by Gasteiger charge is -2.39. The summed E-state index contributed by atoms with van der Waals surface area (Å²) in [7, 11) is -1.89. The zero-order valence-electron chi connectivity index (χ0n) is 16.4. The molecule has 1 aliphatic rings. The van der Waals surface area contributed by atoms with Crippen LogP contribution >= 0.6 is 0 Å². The van der Waals surface area contributed by atoms with E-state index >= 15 is 0 Å². The molecule has 6 nitrogen and oxygen atoms in total. The first-order chi connectivity index (χ1) is 13.9. The van der Waals surface area contributed by atoms with E-state index in [1.807, 2.05) is 44.3 Å². The minimum Gasteiger partial charge on any atom is -0.303 e. The maximum absolute atomic E-state index is 14.8. The van der Waals surface area contributed by atoms with E-state index < -0.39 is 15.8 Å². The van der Waals surface area contributed by atoms with Crippen molar-refractivity contribution in [2.45, 2.75) is 17.9 Å². The molecule has 1 fully saturated rings. The first-order valence-corrected chi connectivity index (χ1v) is 10.9. The zero-order valence-corrected chi connectivity index (χ0v) is 17.2. The summed E-state index contributed by atoms with van der Waals surface area (Å²) in [5.74, 6) is -0.625. The third-order valence-electron chi connectivity index (χ3n) is 5.20. The second-order valence-electron chi connectivity index (χ2n) is 7.38. The molecule has 0 bridgehead atoms. The number of likely N-dealkylation sites (N-methyl/N-ethyl adjacent to an activating group) is 1. The Morgan fingerprint density at radius 2 is 1.86 bits per heavy atom. The van der Waals surface area contributed by atoms with Gasteiger partial charge in [0.15, 0.2) is 0 Å². The van der Waals surface area contributed by atoms with E-state index in [0.717, 1.165) is 17.2 Å². The van der Waals surface area contributed by atoms with E-state index in [0.29, 0.717) is 19.6 Å². The molecule has 0 N–H and O–H groups in total. The molecule has 0 spiro atoms. The minimum atomic E-state index is -3.86. The fourth-order valence-corrected chi connectivity index (χ4v) is 5.26. The van der Waals surface area contributed by atoms with Gasteiger partial charge in [-0.25, -0.2) is 17.5 Å². The molecule has 29 heavy (non-hydrogen) atoms. The Morgan fingerprint density at radius 3 is 2.52 bits per heavy atom. The molecule has 8 heteroatoms. The van der Waals surface area contributed by atoms with Crippen molar-refractivity contribution in [2.24, 2.45) is 0 Å². The van der Waals surface area contributed by atoms with Crippen LogP contribution in [0.25, 0.3) is 5.69 Å². The normalized spacial score (nSPS) is 18.8. The number of sulfonamides is 1. The molecule has 1 saturated heterocycles. The lowest BCUT2D eigenvalue weighted by molar-refractivity contribution is 0.160. The smallest absolute Gasteiger partial charge is 0.243 e. The van der Waals surface area contributed by atoms with Crippen molar-refractivity contribution >= 4 is 10.0 Å². The molecule has 0 saturated carbocycles. The summed E-state index contributed by atoms with van der Waals surface area (Å²) >= 11 is 0. The largest absolute Gasteiger partial charge is 0.303 e. The van der Waals surface area contributed by atoms with Crippen molar-refractivity contribution in [3.05, 3.63) is 77.9 Å². The number of aryl methyl sites for hydroxylation is 1. The highest BCUT2D eigenvalue weighted by Crippen LogP contribution is 2.31. The summed E-state index contributed by atoms with van der Waals surface area (Å²) in [6.07, 6.45) is 3.32. The van der Waals surface area contributed by atoms with Gasteiger partial charge in [-0.3, -0.25) is 0 Å². The molecule has 1 aliphatic heterocycles. The van der Waals surface area contributed by atoms with Crippen molar-refractivity contribution < 1.29 is 12.8 Å². The Labute approximate surface area is 170 Å². The van der Waals surface area contributed by atoms with Gasteiger partial charge in [0.25, 0.3) is 0 Å². The molecule has 152 valence electrons. The van der Waals surface area contributed by atoms with Gasteiger partial charge in [-0.05, 0) is 43.3 Å². The Kier molecular flexibility index (Phi) is 5.24. The Hall–Kier alpha value is -2.55. The van der Waals surface area contributed by atoms with Crippen LogP contribution in [0.15, 0.2) is 65.8 Å². The topological polar surface area (TPSA) is 58.4 Å². The molecule has 1 atom stereocenters. The maximum atomic E-state index is 14.8. The van der Waals surface area contributed by atoms with Crippen molar-refractivity contribution in [3.63, 3.8) is 0 Å². The van der Waals surface area contributed by atoms with Crippen molar-refractivity contribution in [2.75, 3.05) is 26.7 Å². The summed E-state index contributed by atoms with van der Waals surface area (Å²) in [6.45, 7) is 3.41. The number of aromatic nitrogens is 2. The number of halogens is 1. The molecule has 2 aromatic carbocycles. The lowest BCUT2D eigenvalue weighted by atomic mass is 10.1. The second kappa shape index (κ2) is 7.70. The average molecular weight is 415 g/mol. The van der Waals surface area contributed by atoms with Crippen LogP contribution in [0.4, 0.5) is 4.39 Å². The number of benzene rings is 2. The van der Waals surface area contributed by atoms with E-state index in [1.165, 1.54) is 21.1 Å². The van der Waals surface area contributed by atoms with Crippen LogP contribution in [0, 0.1) is 12.7 Å². The summed E-state index contributed by atoms with van der Waals surface area (Å²) in [5.41, 5.74) is 2.03. The van der Waals surface area contributed by atoms with Crippen molar-refractivity contribution in [1.82, 2.24) is 19.0 Å². The minimum absolute atomic E-state index is 0.0480.